The van der Waals surface area contributed by atoms with Gasteiger partial charge in [-0.1, -0.05) is 31.9 Å². The minimum atomic E-state index is 0. The van der Waals surface area contributed by atoms with Crippen molar-refractivity contribution in [1.29, 1.82) is 0 Å². The average molecular weight is 393 g/mol. The Morgan fingerprint density at radius 2 is 1.38 bits per heavy atom. The van der Waals surface area contributed by atoms with E-state index in [1.165, 1.54) is 35.1 Å². The standard InChI is InChI=1S/C23H30N2.Ni/c1-6-7-8-9-23(25-22-13-11-18(3)20(5)15-22)16-24-21-12-10-17(2)19(4)14-21;/h10-16H,6-9H2,1-5H3;. The van der Waals surface area contributed by atoms with Crippen molar-refractivity contribution in [2.24, 2.45) is 9.98 Å². The van der Waals surface area contributed by atoms with Gasteiger partial charge >= 0.3 is 0 Å². The second-order valence-electron chi connectivity index (χ2n) is 6.86. The van der Waals surface area contributed by atoms with Gasteiger partial charge in [0.1, 0.15) is 0 Å². The zero-order chi connectivity index (χ0) is 18.2. The van der Waals surface area contributed by atoms with Crippen LogP contribution in [0.3, 0.4) is 0 Å². The molecule has 3 heteroatoms. The maximum atomic E-state index is 4.85. The number of nitrogens with zero attached hydrogens (tertiary/aromatic N) is 2. The van der Waals surface area contributed by atoms with E-state index in [1.54, 1.807) is 0 Å². The molecular weight excluding hydrogens is 363 g/mol. The normalized spacial score (nSPS) is 11.7. The van der Waals surface area contributed by atoms with Gasteiger partial charge in [0, 0.05) is 22.7 Å². The summed E-state index contributed by atoms with van der Waals surface area (Å²) in [5.41, 5.74) is 8.21. The van der Waals surface area contributed by atoms with Gasteiger partial charge in [0.25, 0.3) is 0 Å². The maximum Gasteiger partial charge on any atom is 0.0636 e. The zero-order valence-electron chi connectivity index (χ0n) is 16.6. The van der Waals surface area contributed by atoms with Crippen LogP contribution < -0.4 is 0 Å². The van der Waals surface area contributed by atoms with Crippen molar-refractivity contribution >= 4 is 23.3 Å². The molecule has 0 bridgehead atoms. The third-order valence-corrected chi connectivity index (χ3v) is 4.65. The minimum Gasteiger partial charge on any atom is -0.255 e. The van der Waals surface area contributed by atoms with Crippen LogP contribution in [0, 0.1) is 27.7 Å². The van der Waals surface area contributed by atoms with Gasteiger partial charge in [0.2, 0.25) is 0 Å². The first kappa shape index (κ1) is 22.3. The minimum absolute atomic E-state index is 0. The molecule has 0 N–H and O–H groups in total. The summed E-state index contributed by atoms with van der Waals surface area (Å²) in [6, 6.07) is 12.7. The van der Waals surface area contributed by atoms with Gasteiger partial charge in [-0.25, -0.2) is 0 Å². The molecule has 2 nitrogen and oxygen atoms in total. The second kappa shape index (κ2) is 11.1. The molecule has 0 aliphatic heterocycles. The Bertz CT molecular complexity index is 776. The number of aliphatic imine (C=N–C) groups is 2. The number of aryl methyl sites for hydroxylation is 4. The van der Waals surface area contributed by atoms with Crippen LogP contribution >= 0.6 is 0 Å². The Hall–Kier alpha value is -1.73. The van der Waals surface area contributed by atoms with Crippen LogP contribution in [0.5, 0.6) is 0 Å². The summed E-state index contributed by atoms with van der Waals surface area (Å²) < 4.78 is 0. The van der Waals surface area contributed by atoms with Crippen LogP contribution in [0.25, 0.3) is 0 Å². The number of benzene rings is 2. The summed E-state index contributed by atoms with van der Waals surface area (Å²) >= 11 is 0. The molecule has 2 rings (SSSR count). The molecule has 0 amide bonds. The molecular formula is C23H30N2Ni. The van der Waals surface area contributed by atoms with Crippen LogP contribution in [0.2, 0.25) is 0 Å². The van der Waals surface area contributed by atoms with Gasteiger partial charge < -0.3 is 0 Å². The summed E-state index contributed by atoms with van der Waals surface area (Å²) in [6.07, 6.45) is 6.50. The molecule has 0 aromatic heterocycles. The largest absolute Gasteiger partial charge is 0.255 e. The van der Waals surface area contributed by atoms with Gasteiger partial charge in [-0.3, -0.25) is 9.98 Å². The summed E-state index contributed by atoms with van der Waals surface area (Å²) in [5.74, 6) is 0. The second-order valence-corrected chi connectivity index (χ2v) is 6.86. The third-order valence-electron chi connectivity index (χ3n) is 4.65. The summed E-state index contributed by atoms with van der Waals surface area (Å²) in [4.78, 5) is 9.52. The van der Waals surface area contributed by atoms with Crippen molar-refractivity contribution in [3.63, 3.8) is 0 Å². The topological polar surface area (TPSA) is 24.7 Å². The van der Waals surface area contributed by atoms with Gasteiger partial charge in [-0.2, -0.15) is 0 Å². The number of hydrogen-bond acceptors (Lipinski definition) is 2. The van der Waals surface area contributed by atoms with Crippen LogP contribution in [0.1, 0.15) is 54.9 Å². The van der Waals surface area contributed by atoms with Crippen molar-refractivity contribution in [2.75, 3.05) is 0 Å². The van der Waals surface area contributed by atoms with E-state index in [9.17, 15) is 0 Å². The summed E-state index contributed by atoms with van der Waals surface area (Å²) in [6.45, 7) is 10.7. The van der Waals surface area contributed by atoms with Gasteiger partial charge in [-0.15, -0.1) is 0 Å². The molecule has 0 radical (unpaired) electrons. The van der Waals surface area contributed by atoms with Gasteiger partial charge in [0.05, 0.1) is 17.1 Å². The predicted molar refractivity (Wildman–Crippen MR) is 111 cm³/mol. The third kappa shape index (κ3) is 6.88. The Morgan fingerprint density at radius 3 is 1.96 bits per heavy atom. The number of unbranched alkanes of at least 4 members (excludes halogenated alkanes) is 2. The Balaban J connectivity index is 0.00000338. The zero-order valence-corrected chi connectivity index (χ0v) is 17.6. The quantitative estimate of drug-likeness (QED) is 0.276. The first-order chi connectivity index (χ1) is 12.0. The van der Waals surface area contributed by atoms with Gasteiger partial charge in [0.15, 0.2) is 0 Å². The maximum absolute atomic E-state index is 4.85. The van der Waals surface area contributed by atoms with Crippen LogP contribution in [0.4, 0.5) is 11.4 Å². The van der Waals surface area contributed by atoms with E-state index in [4.69, 9.17) is 4.99 Å². The molecule has 0 saturated heterocycles. The van der Waals surface area contributed by atoms with Crippen LogP contribution in [0.15, 0.2) is 46.4 Å². The Labute approximate surface area is 168 Å². The molecule has 2 aromatic carbocycles. The molecule has 0 atom stereocenters. The van der Waals surface area contributed by atoms with Gasteiger partial charge in [-0.05, 0) is 87.1 Å². The van der Waals surface area contributed by atoms with Crippen LogP contribution in [-0.2, 0) is 16.5 Å². The number of hydrogen-bond donors (Lipinski definition) is 0. The van der Waals surface area contributed by atoms with Crippen LogP contribution in [-0.4, -0.2) is 11.9 Å². The predicted octanol–water partition coefficient (Wildman–Crippen LogP) is 6.97. The van der Waals surface area contributed by atoms with E-state index in [0.29, 0.717) is 0 Å². The molecule has 0 saturated carbocycles. The van der Waals surface area contributed by atoms with Crippen molar-refractivity contribution < 1.29 is 16.5 Å². The van der Waals surface area contributed by atoms with Crippen molar-refractivity contribution in [1.82, 2.24) is 0 Å². The first-order valence-corrected chi connectivity index (χ1v) is 9.25. The molecule has 0 unspecified atom stereocenters. The fraction of sp³-hybridized carbons (Fsp3) is 0.391. The fourth-order valence-electron chi connectivity index (χ4n) is 2.62. The Morgan fingerprint density at radius 1 is 0.808 bits per heavy atom. The molecule has 0 aliphatic carbocycles. The van der Waals surface area contributed by atoms with E-state index in [2.05, 4.69) is 76.0 Å². The monoisotopic (exact) mass is 392 g/mol. The first-order valence-electron chi connectivity index (χ1n) is 9.25. The molecule has 2 aromatic rings. The smallest absolute Gasteiger partial charge is 0.0636 e. The number of rotatable bonds is 7. The van der Waals surface area contributed by atoms with Crippen molar-refractivity contribution in [2.45, 2.75) is 60.3 Å². The Kier molecular flexibility index (Phi) is 9.51. The molecule has 0 fully saturated rings. The SMILES string of the molecule is CCCCCC(C=Nc1ccc(C)c(C)c1)=Nc1ccc(C)c(C)c1.[Ni]. The average Bonchev–Trinajstić information content (AvgIpc) is 2.59. The fourth-order valence-corrected chi connectivity index (χ4v) is 2.62. The van der Waals surface area contributed by atoms with E-state index in [1.807, 2.05) is 6.21 Å². The molecule has 0 heterocycles. The van der Waals surface area contributed by atoms with E-state index < -0.39 is 0 Å². The van der Waals surface area contributed by atoms with E-state index >= 15 is 0 Å². The molecule has 0 spiro atoms. The molecule has 26 heavy (non-hydrogen) atoms. The molecule has 0 aliphatic rings. The van der Waals surface area contributed by atoms with Crippen molar-refractivity contribution in [3.8, 4) is 0 Å². The van der Waals surface area contributed by atoms with E-state index in [-0.39, 0.29) is 16.5 Å². The molecule has 142 valence electrons. The summed E-state index contributed by atoms with van der Waals surface area (Å²) in [5, 5.41) is 0. The summed E-state index contributed by atoms with van der Waals surface area (Å²) in [7, 11) is 0. The van der Waals surface area contributed by atoms with E-state index in [0.717, 1.165) is 29.9 Å². The van der Waals surface area contributed by atoms with Crippen molar-refractivity contribution in [3.05, 3.63) is 58.7 Å².